The molecular weight excluding hydrogens is 346 g/mol. The van der Waals surface area contributed by atoms with Crippen LogP contribution in [0.3, 0.4) is 0 Å². The molecule has 3 rings (SSSR count). The molecule has 9 heteroatoms. The number of carbonyl (C=O) groups is 2. The zero-order valence-corrected chi connectivity index (χ0v) is 13.9. The monoisotopic (exact) mass is 361 g/mol. The highest BCUT2D eigenvalue weighted by molar-refractivity contribution is 7.13. The van der Waals surface area contributed by atoms with Crippen molar-refractivity contribution >= 4 is 28.9 Å². The lowest BCUT2D eigenvalue weighted by Gasteiger charge is -2.22. The van der Waals surface area contributed by atoms with E-state index in [2.05, 4.69) is 4.98 Å². The Hall–Kier alpha value is -2.81. The second-order valence-corrected chi connectivity index (χ2v) is 6.59. The Morgan fingerprint density at radius 2 is 2.08 bits per heavy atom. The van der Waals surface area contributed by atoms with Crippen molar-refractivity contribution in [3.63, 3.8) is 0 Å². The van der Waals surface area contributed by atoms with Crippen LogP contribution in [0.25, 0.3) is 10.6 Å². The quantitative estimate of drug-likeness (QED) is 0.647. The lowest BCUT2D eigenvalue weighted by atomic mass is 10.1. The summed E-state index contributed by atoms with van der Waals surface area (Å²) >= 11 is 1.27. The molecule has 2 aromatic rings. The molecule has 1 saturated heterocycles. The minimum atomic E-state index is -0.922. The summed E-state index contributed by atoms with van der Waals surface area (Å²) in [6, 6.07) is 5.67. The number of carboxylic acid groups (broad SMARTS) is 1. The highest BCUT2D eigenvalue weighted by Gasteiger charge is 2.32. The molecule has 8 nitrogen and oxygen atoms in total. The van der Waals surface area contributed by atoms with Crippen LogP contribution in [0.2, 0.25) is 0 Å². The van der Waals surface area contributed by atoms with Crippen molar-refractivity contribution in [3.05, 3.63) is 45.5 Å². The van der Waals surface area contributed by atoms with E-state index >= 15 is 0 Å². The van der Waals surface area contributed by atoms with Crippen LogP contribution in [0.1, 0.15) is 29.8 Å². The molecule has 1 fully saturated rings. The highest BCUT2D eigenvalue weighted by atomic mass is 32.1. The van der Waals surface area contributed by atoms with Gasteiger partial charge in [-0.2, -0.15) is 0 Å². The van der Waals surface area contributed by atoms with E-state index in [9.17, 15) is 19.7 Å². The Kier molecular flexibility index (Phi) is 4.75. The molecule has 0 saturated carbocycles. The predicted octanol–water partition coefficient (Wildman–Crippen LogP) is 2.80. The van der Waals surface area contributed by atoms with E-state index < -0.39 is 10.9 Å². The number of non-ortho nitro benzene ring substituents is 1. The van der Waals surface area contributed by atoms with Gasteiger partial charge < -0.3 is 10.0 Å². The van der Waals surface area contributed by atoms with Crippen LogP contribution in [-0.4, -0.2) is 44.4 Å². The lowest BCUT2D eigenvalue weighted by Crippen LogP contribution is -2.37. The maximum absolute atomic E-state index is 12.6. The van der Waals surface area contributed by atoms with Gasteiger partial charge in [-0.05, 0) is 25.0 Å². The number of carboxylic acids is 1. The molecule has 130 valence electrons. The summed E-state index contributed by atoms with van der Waals surface area (Å²) in [5.41, 5.74) is 0.957. The largest absolute Gasteiger partial charge is 0.481 e. The normalized spacial score (nSPS) is 16.8. The van der Waals surface area contributed by atoms with Gasteiger partial charge in [0.25, 0.3) is 11.6 Å². The second-order valence-electron chi connectivity index (χ2n) is 5.73. The van der Waals surface area contributed by atoms with Gasteiger partial charge in [-0.15, -0.1) is 11.3 Å². The van der Waals surface area contributed by atoms with E-state index in [1.54, 1.807) is 22.4 Å². The number of amides is 1. The van der Waals surface area contributed by atoms with Crippen LogP contribution in [-0.2, 0) is 4.79 Å². The molecule has 25 heavy (non-hydrogen) atoms. The van der Waals surface area contributed by atoms with Crippen LogP contribution < -0.4 is 0 Å². The van der Waals surface area contributed by atoms with Gasteiger partial charge in [0.1, 0.15) is 10.7 Å². The number of aliphatic carboxylic acids is 1. The SMILES string of the molecule is O=C(O)CC1CCCN1C(=O)c1csc(-c2ccc([N+](=O)[O-])cc2)n1. The topological polar surface area (TPSA) is 114 Å². The average Bonchev–Trinajstić information content (AvgIpc) is 3.23. The molecule has 1 aromatic carbocycles. The van der Waals surface area contributed by atoms with Gasteiger partial charge in [0, 0.05) is 35.7 Å². The minimum absolute atomic E-state index is 0.00909. The Morgan fingerprint density at radius 1 is 1.36 bits per heavy atom. The van der Waals surface area contributed by atoms with E-state index in [0.717, 1.165) is 6.42 Å². The molecule has 1 atom stereocenters. The van der Waals surface area contributed by atoms with Crippen molar-refractivity contribution in [1.29, 1.82) is 0 Å². The molecule has 0 radical (unpaired) electrons. The molecule has 1 aliphatic heterocycles. The number of hydrogen-bond donors (Lipinski definition) is 1. The minimum Gasteiger partial charge on any atom is -0.481 e. The summed E-state index contributed by atoms with van der Waals surface area (Å²) < 4.78 is 0. The smallest absolute Gasteiger partial charge is 0.305 e. The first-order valence-electron chi connectivity index (χ1n) is 7.69. The van der Waals surface area contributed by atoms with E-state index in [-0.39, 0.29) is 29.8 Å². The third-order valence-corrected chi connectivity index (χ3v) is 4.99. The molecule has 0 aliphatic carbocycles. The summed E-state index contributed by atoms with van der Waals surface area (Å²) in [7, 11) is 0. The van der Waals surface area contributed by atoms with Gasteiger partial charge in [-0.1, -0.05) is 0 Å². The second kappa shape index (κ2) is 6.98. The molecular formula is C16H15N3O5S. The molecule has 2 heterocycles. The van der Waals surface area contributed by atoms with E-state index in [1.165, 1.54) is 23.5 Å². The molecule has 1 unspecified atom stereocenters. The van der Waals surface area contributed by atoms with Gasteiger partial charge in [0.05, 0.1) is 11.3 Å². The summed E-state index contributed by atoms with van der Waals surface area (Å²) in [6.45, 7) is 0.529. The maximum Gasteiger partial charge on any atom is 0.305 e. The van der Waals surface area contributed by atoms with Crippen molar-refractivity contribution in [1.82, 2.24) is 9.88 Å². The van der Waals surface area contributed by atoms with Crippen molar-refractivity contribution in [3.8, 4) is 10.6 Å². The first-order valence-corrected chi connectivity index (χ1v) is 8.57. The number of rotatable bonds is 5. The van der Waals surface area contributed by atoms with Gasteiger partial charge in [-0.3, -0.25) is 19.7 Å². The Morgan fingerprint density at radius 3 is 2.72 bits per heavy atom. The number of hydrogen-bond acceptors (Lipinski definition) is 6. The van der Waals surface area contributed by atoms with Crippen molar-refractivity contribution in [2.45, 2.75) is 25.3 Å². The van der Waals surface area contributed by atoms with Gasteiger partial charge in [-0.25, -0.2) is 4.98 Å². The summed E-state index contributed by atoms with van der Waals surface area (Å²) in [6.07, 6.45) is 1.39. The predicted molar refractivity (Wildman–Crippen MR) is 90.5 cm³/mol. The van der Waals surface area contributed by atoms with Crippen molar-refractivity contribution < 1.29 is 19.6 Å². The number of aromatic nitrogens is 1. The number of thiazole rings is 1. The van der Waals surface area contributed by atoms with Crippen molar-refractivity contribution in [2.24, 2.45) is 0 Å². The number of nitrogens with zero attached hydrogens (tertiary/aromatic N) is 3. The molecule has 0 bridgehead atoms. The van der Waals surface area contributed by atoms with Crippen LogP contribution >= 0.6 is 11.3 Å². The number of nitro benzene ring substituents is 1. The fraction of sp³-hybridized carbons (Fsp3) is 0.312. The number of likely N-dealkylation sites (tertiary alicyclic amines) is 1. The third-order valence-electron chi connectivity index (χ3n) is 4.10. The lowest BCUT2D eigenvalue weighted by molar-refractivity contribution is -0.384. The molecule has 1 N–H and O–H groups in total. The van der Waals surface area contributed by atoms with E-state index in [0.29, 0.717) is 23.5 Å². The van der Waals surface area contributed by atoms with Crippen LogP contribution in [0.5, 0.6) is 0 Å². The standard InChI is InChI=1S/C16H15N3O5S/c20-14(21)8-12-2-1-7-18(12)16(22)13-9-25-15(17-13)10-3-5-11(6-4-10)19(23)24/h3-6,9,12H,1-2,7-8H2,(H,20,21). The van der Waals surface area contributed by atoms with Crippen LogP contribution in [0.15, 0.2) is 29.6 Å². The number of nitro groups is 1. The molecule has 0 spiro atoms. The number of carbonyl (C=O) groups excluding carboxylic acids is 1. The first kappa shape index (κ1) is 17.0. The van der Waals surface area contributed by atoms with Gasteiger partial charge in [0.15, 0.2) is 0 Å². The van der Waals surface area contributed by atoms with E-state index in [1.807, 2.05) is 0 Å². The molecule has 1 aromatic heterocycles. The zero-order chi connectivity index (χ0) is 18.0. The fourth-order valence-electron chi connectivity index (χ4n) is 2.89. The summed E-state index contributed by atoms with van der Waals surface area (Å²) in [4.78, 5) is 39.7. The van der Waals surface area contributed by atoms with Crippen molar-refractivity contribution in [2.75, 3.05) is 6.54 Å². The Labute approximate surface area is 146 Å². The van der Waals surface area contributed by atoms with Crippen LogP contribution in [0.4, 0.5) is 5.69 Å². The highest BCUT2D eigenvalue weighted by Crippen LogP contribution is 2.28. The van der Waals surface area contributed by atoms with Crippen LogP contribution in [0, 0.1) is 10.1 Å². The molecule has 1 amide bonds. The van der Waals surface area contributed by atoms with Gasteiger partial charge >= 0.3 is 5.97 Å². The van der Waals surface area contributed by atoms with E-state index in [4.69, 9.17) is 5.11 Å². The Bertz CT molecular complexity index is 817. The van der Waals surface area contributed by atoms with Gasteiger partial charge in [0.2, 0.25) is 0 Å². The summed E-state index contributed by atoms with van der Waals surface area (Å²) in [5.74, 6) is -1.19. The number of benzene rings is 1. The molecule has 1 aliphatic rings. The first-order chi connectivity index (χ1) is 12.0. The summed E-state index contributed by atoms with van der Waals surface area (Å²) in [5, 5.41) is 21.9. The Balaban J connectivity index is 1.77. The fourth-order valence-corrected chi connectivity index (χ4v) is 3.69. The third kappa shape index (κ3) is 3.66. The zero-order valence-electron chi connectivity index (χ0n) is 13.1. The maximum atomic E-state index is 12.6. The average molecular weight is 361 g/mol.